The highest BCUT2D eigenvalue weighted by atomic mass is 32.1. The van der Waals surface area contributed by atoms with Gasteiger partial charge >= 0.3 is 0 Å². The molecule has 0 unspecified atom stereocenters. The number of rotatable bonds is 10. The molecule has 0 aliphatic carbocycles. The Labute approximate surface area is 170 Å². The smallest absolute Gasteiger partial charge is 0.234 e. The average molecular weight is 405 g/mol. The highest BCUT2D eigenvalue weighted by molar-refractivity contribution is 7.14. The van der Waals surface area contributed by atoms with E-state index in [4.69, 9.17) is 4.74 Å². The number of benzene rings is 1. The fraction of sp³-hybridized carbons (Fsp3) is 0.450. The van der Waals surface area contributed by atoms with Gasteiger partial charge in [0.1, 0.15) is 0 Å². The SMILES string of the molecule is COCCCNC(=O)CN(C)Cc1csc(N(C(C)=O)c2ccc(C)cc2)n1. The Morgan fingerprint density at radius 3 is 2.61 bits per heavy atom. The van der Waals surface area contributed by atoms with Gasteiger partial charge in [-0.15, -0.1) is 11.3 Å². The van der Waals surface area contributed by atoms with Gasteiger partial charge < -0.3 is 10.1 Å². The van der Waals surface area contributed by atoms with E-state index in [1.54, 1.807) is 12.0 Å². The van der Waals surface area contributed by atoms with Crippen LogP contribution in [0.4, 0.5) is 10.8 Å². The van der Waals surface area contributed by atoms with Gasteiger partial charge in [-0.3, -0.25) is 19.4 Å². The predicted octanol–water partition coefficient (Wildman–Crippen LogP) is 2.72. The second-order valence-corrected chi connectivity index (χ2v) is 7.52. The lowest BCUT2D eigenvalue weighted by Gasteiger charge is -2.18. The second kappa shape index (κ2) is 10.9. The van der Waals surface area contributed by atoms with Crippen molar-refractivity contribution in [3.05, 3.63) is 40.9 Å². The maximum absolute atomic E-state index is 12.2. The number of nitrogens with zero attached hydrogens (tertiary/aromatic N) is 3. The van der Waals surface area contributed by atoms with Crippen LogP contribution < -0.4 is 10.2 Å². The first kappa shape index (κ1) is 22.0. The van der Waals surface area contributed by atoms with Gasteiger partial charge in [-0.05, 0) is 32.5 Å². The third kappa shape index (κ3) is 6.70. The van der Waals surface area contributed by atoms with Gasteiger partial charge in [0.05, 0.1) is 17.9 Å². The predicted molar refractivity (Wildman–Crippen MR) is 112 cm³/mol. The van der Waals surface area contributed by atoms with Crippen LogP contribution in [0, 0.1) is 6.92 Å². The molecule has 0 aliphatic rings. The van der Waals surface area contributed by atoms with E-state index in [2.05, 4.69) is 10.3 Å². The van der Waals surface area contributed by atoms with Crippen molar-refractivity contribution in [2.75, 3.05) is 38.8 Å². The number of aryl methyl sites for hydroxylation is 1. The summed E-state index contributed by atoms with van der Waals surface area (Å²) < 4.78 is 4.96. The molecule has 2 rings (SSSR count). The van der Waals surface area contributed by atoms with E-state index >= 15 is 0 Å². The quantitative estimate of drug-likeness (QED) is 0.617. The van der Waals surface area contributed by atoms with Crippen LogP contribution in [0.3, 0.4) is 0 Å². The molecular formula is C20H28N4O3S. The molecular weight excluding hydrogens is 376 g/mol. The number of likely N-dealkylation sites (N-methyl/N-ethyl adjacent to an activating group) is 1. The van der Waals surface area contributed by atoms with Gasteiger partial charge in [0.2, 0.25) is 11.8 Å². The first-order valence-corrected chi connectivity index (χ1v) is 10.0. The number of carbonyl (C=O) groups excluding carboxylic acids is 2. The number of hydrogen-bond donors (Lipinski definition) is 1. The lowest BCUT2D eigenvalue weighted by atomic mass is 10.2. The molecule has 0 saturated carbocycles. The van der Waals surface area contributed by atoms with E-state index in [9.17, 15) is 9.59 Å². The first-order chi connectivity index (χ1) is 13.4. The van der Waals surface area contributed by atoms with Gasteiger partial charge in [0, 0.05) is 39.1 Å². The highest BCUT2D eigenvalue weighted by Gasteiger charge is 2.18. The van der Waals surface area contributed by atoms with E-state index in [1.807, 2.05) is 48.5 Å². The molecule has 0 radical (unpaired) electrons. The van der Waals surface area contributed by atoms with Crippen LogP contribution in [0.25, 0.3) is 0 Å². The molecule has 0 atom stereocenters. The molecule has 7 nitrogen and oxygen atoms in total. The second-order valence-electron chi connectivity index (χ2n) is 6.68. The zero-order valence-corrected chi connectivity index (χ0v) is 17.7. The largest absolute Gasteiger partial charge is 0.385 e. The summed E-state index contributed by atoms with van der Waals surface area (Å²) in [7, 11) is 3.51. The summed E-state index contributed by atoms with van der Waals surface area (Å²) in [6.07, 6.45) is 0.793. The van der Waals surface area contributed by atoms with Crippen LogP contribution in [-0.4, -0.2) is 55.6 Å². The van der Waals surface area contributed by atoms with Crippen molar-refractivity contribution in [2.24, 2.45) is 0 Å². The summed E-state index contributed by atoms with van der Waals surface area (Å²) in [4.78, 5) is 32.2. The lowest BCUT2D eigenvalue weighted by Crippen LogP contribution is -2.35. The third-order valence-electron chi connectivity index (χ3n) is 4.03. The molecule has 152 valence electrons. The number of nitrogens with one attached hydrogen (secondary N) is 1. The van der Waals surface area contributed by atoms with Crippen molar-refractivity contribution in [1.82, 2.24) is 15.2 Å². The Morgan fingerprint density at radius 2 is 1.96 bits per heavy atom. The van der Waals surface area contributed by atoms with Crippen LogP contribution >= 0.6 is 11.3 Å². The molecule has 8 heteroatoms. The molecule has 2 amide bonds. The summed E-state index contributed by atoms with van der Waals surface area (Å²) in [5.41, 5.74) is 2.75. The van der Waals surface area contributed by atoms with E-state index < -0.39 is 0 Å². The van der Waals surface area contributed by atoms with E-state index in [-0.39, 0.29) is 18.4 Å². The molecule has 2 aromatic rings. The molecule has 1 heterocycles. The number of thiazole rings is 1. The normalized spacial score (nSPS) is 10.9. The minimum atomic E-state index is -0.0893. The van der Waals surface area contributed by atoms with Gasteiger partial charge in [-0.1, -0.05) is 17.7 Å². The molecule has 1 aromatic carbocycles. The van der Waals surface area contributed by atoms with Gasteiger partial charge in [-0.2, -0.15) is 0 Å². The number of hydrogen-bond acceptors (Lipinski definition) is 6. The zero-order valence-electron chi connectivity index (χ0n) is 16.9. The summed E-state index contributed by atoms with van der Waals surface area (Å²) >= 11 is 1.42. The maximum Gasteiger partial charge on any atom is 0.234 e. The Kier molecular flexibility index (Phi) is 8.56. The number of amides is 2. The molecule has 0 fully saturated rings. The number of methoxy groups -OCH3 is 1. The number of carbonyl (C=O) groups is 2. The minimum Gasteiger partial charge on any atom is -0.385 e. The fourth-order valence-corrected chi connectivity index (χ4v) is 3.55. The monoisotopic (exact) mass is 404 g/mol. The number of ether oxygens (including phenoxy) is 1. The van der Waals surface area contributed by atoms with Gasteiger partial charge in [0.15, 0.2) is 5.13 Å². The van der Waals surface area contributed by atoms with Crippen molar-refractivity contribution < 1.29 is 14.3 Å². The lowest BCUT2D eigenvalue weighted by molar-refractivity contribution is -0.122. The summed E-state index contributed by atoms with van der Waals surface area (Å²) in [5.74, 6) is -0.118. The summed E-state index contributed by atoms with van der Waals surface area (Å²) in [5, 5.41) is 5.42. The van der Waals surface area contributed by atoms with E-state index in [0.717, 1.165) is 23.4 Å². The number of aromatic nitrogens is 1. The van der Waals surface area contributed by atoms with Crippen LogP contribution in [0.2, 0.25) is 0 Å². The zero-order chi connectivity index (χ0) is 20.5. The molecule has 0 aliphatic heterocycles. The first-order valence-electron chi connectivity index (χ1n) is 9.16. The Hall–Kier alpha value is -2.29. The van der Waals surface area contributed by atoms with E-state index in [0.29, 0.717) is 24.8 Å². The minimum absolute atomic E-state index is 0.0286. The van der Waals surface area contributed by atoms with Crippen molar-refractivity contribution in [1.29, 1.82) is 0 Å². The number of anilines is 2. The maximum atomic E-state index is 12.2. The third-order valence-corrected chi connectivity index (χ3v) is 4.91. The van der Waals surface area contributed by atoms with Crippen molar-refractivity contribution in [3.63, 3.8) is 0 Å². The van der Waals surface area contributed by atoms with Crippen molar-refractivity contribution >= 4 is 34.0 Å². The van der Waals surface area contributed by atoms with Gasteiger partial charge in [-0.25, -0.2) is 4.98 Å². The van der Waals surface area contributed by atoms with Crippen LogP contribution in [0.1, 0.15) is 24.6 Å². The fourth-order valence-electron chi connectivity index (χ4n) is 2.67. The molecule has 0 spiro atoms. The average Bonchev–Trinajstić information content (AvgIpc) is 3.08. The molecule has 1 N–H and O–H groups in total. The van der Waals surface area contributed by atoms with Crippen molar-refractivity contribution in [2.45, 2.75) is 26.8 Å². The summed E-state index contributed by atoms with van der Waals surface area (Å²) in [6.45, 7) is 5.58. The molecule has 0 bridgehead atoms. The van der Waals surface area contributed by atoms with Crippen LogP contribution in [0.15, 0.2) is 29.6 Å². The Bertz CT molecular complexity index is 776. The van der Waals surface area contributed by atoms with Crippen LogP contribution in [0.5, 0.6) is 0 Å². The van der Waals surface area contributed by atoms with E-state index in [1.165, 1.54) is 18.3 Å². The highest BCUT2D eigenvalue weighted by Crippen LogP contribution is 2.29. The molecule has 1 aromatic heterocycles. The molecule has 28 heavy (non-hydrogen) atoms. The topological polar surface area (TPSA) is 74.8 Å². The van der Waals surface area contributed by atoms with Crippen molar-refractivity contribution in [3.8, 4) is 0 Å². The standard InChI is InChI=1S/C20H28N4O3S/c1-15-6-8-18(9-7-15)24(16(2)25)20-22-17(14-28-20)12-23(3)13-19(26)21-10-5-11-27-4/h6-9,14H,5,10-13H2,1-4H3,(H,21,26). The summed E-state index contributed by atoms with van der Waals surface area (Å²) in [6, 6.07) is 7.77. The van der Waals surface area contributed by atoms with Gasteiger partial charge in [0.25, 0.3) is 0 Å². The Morgan fingerprint density at radius 1 is 1.25 bits per heavy atom. The molecule has 0 saturated heterocycles. The van der Waals surface area contributed by atoms with Crippen LogP contribution in [-0.2, 0) is 20.9 Å². The Balaban J connectivity index is 1.95.